The first-order chi connectivity index (χ1) is 32.4. The van der Waals surface area contributed by atoms with Gasteiger partial charge in [0.15, 0.2) is 0 Å². The van der Waals surface area contributed by atoms with Crippen molar-refractivity contribution in [1.29, 1.82) is 0 Å². The third kappa shape index (κ3) is 6.22. The second-order valence-corrected chi connectivity index (χ2v) is 18.6. The number of hydrogen-bond donors (Lipinski definition) is 0. The van der Waals surface area contributed by atoms with Gasteiger partial charge in [0.2, 0.25) is 0 Å². The van der Waals surface area contributed by atoms with E-state index in [2.05, 4.69) is 268 Å². The number of benzene rings is 10. The van der Waals surface area contributed by atoms with Gasteiger partial charge in [-0.1, -0.05) is 226 Å². The summed E-state index contributed by atoms with van der Waals surface area (Å²) < 4.78 is 0. The zero-order valence-electron chi connectivity index (χ0n) is 37.5. The van der Waals surface area contributed by atoms with Crippen molar-refractivity contribution >= 4 is 17.1 Å². The van der Waals surface area contributed by atoms with Crippen LogP contribution in [0.4, 0.5) is 17.1 Å². The van der Waals surface area contributed by atoms with Crippen molar-refractivity contribution in [3.8, 4) is 66.8 Å². The van der Waals surface area contributed by atoms with E-state index in [1.807, 2.05) is 0 Å². The first kappa shape index (κ1) is 39.6. The Bertz CT molecular complexity index is 3430. The molecule has 2 aliphatic carbocycles. The lowest BCUT2D eigenvalue weighted by molar-refractivity contribution is 0.662. The Morgan fingerprint density at radius 3 is 1.39 bits per heavy atom. The summed E-state index contributed by atoms with van der Waals surface area (Å²) >= 11 is 0. The van der Waals surface area contributed by atoms with Crippen LogP contribution in [0.15, 0.2) is 243 Å². The lowest BCUT2D eigenvalue weighted by atomic mass is 9.74. The van der Waals surface area contributed by atoms with E-state index in [1.165, 1.54) is 94.6 Å². The maximum atomic E-state index is 2.49. The van der Waals surface area contributed by atoms with Gasteiger partial charge in [-0.15, -0.1) is 0 Å². The largest absolute Gasteiger partial charge is 0.310 e. The molecule has 10 aromatic rings. The molecule has 0 heterocycles. The normalized spacial score (nSPS) is 15.1. The summed E-state index contributed by atoms with van der Waals surface area (Å²) in [5, 5.41) is 0. The molecule has 0 aliphatic heterocycles. The van der Waals surface area contributed by atoms with Crippen LogP contribution < -0.4 is 4.90 Å². The Kier molecular flexibility index (Phi) is 9.36. The van der Waals surface area contributed by atoms with Crippen LogP contribution in [0.25, 0.3) is 66.8 Å². The highest BCUT2D eigenvalue weighted by Crippen LogP contribution is 2.56. The number of para-hydroxylation sites is 1. The molecule has 0 radical (unpaired) electrons. The molecular formula is C65H49N. The highest BCUT2D eigenvalue weighted by Gasteiger charge is 2.42. The molecule has 0 fully saturated rings. The summed E-state index contributed by atoms with van der Waals surface area (Å²) in [6.45, 7) is 7.18. The monoisotopic (exact) mass is 843 g/mol. The Morgan fingerprint density at radius 1 is 0.288 bits per heavy atom. The molecule has 0 N–H and O–H groups in total. The quantitative estimate of drug-likeness (QED) is 0.147. The van der Waals surface area contributed by atoms with Crippen molar-refractivity contribution in [2.45, 2.75) is 31.6 Å². The molecule has 12 rings (SSSR count). The fourth-order valence-corrected chi connectivity index (χ4v) is 11.3. The molecule has 314 valence electrons. The van der Waals surface area contributed by atoms with Crippen LogP contribution in [0.2, 0.25) is 0 Å². The first-order valence-corrected chi connectivity index (χ1v) is 23.2. The van der Waals surface area contributed by atoms with Crippen LogP contribution in [-0.4, -0.2) is 0 Å². The minimum atomic E-state index is -0.331. The van der Waals surface area contributed by atoms with Gasteiger partial charge in [-0.25, -0.2) is 0 Å². The van der Waals surface area contributed by atoms with Gasteiger partial charge in [0.05, 0.1) is 5.69 Å². The summed E-state index contributed by atoms with van der Waals surface area (Å²) in [4.78, 5) is 2.49. The molecule has 10 aromatic carbocycles. The summed E-state index contributed by atoms with van der Waals surface area (Å²) in [5.41, 5.74) is 24.6. The van der Waals surface area contributed by atoms with Crippen molar-refractivity contribution in [2.24, 2.45) is 0 Å². The average molecular weight is 844 g/mol. The number of nitrogens with zero attached hydrogens (tertiary/aromatic N) is 1. The zero-order chi connectivity index (χ0) is 44.4. The maximum Gasteiger partial charge on any atom is 0.0540 e. The first-order valence-electron chi connectivity index (χ1n) is 23.2. The molecule has 0 saturated carbocycles. The summed E-state index contributed by atoms with van der Waals surface area (Å²) in [6.07, 6.45) is 0. The number of rotatable bonds is 8. The topological polar surface area (TPSA) is 3.24 Å². The average Bonchev–Trinajstić information content (AvgIpc) is 3.78. The molecule has 2 aliphatic rings. The number of fused-ring (bicyclic) bond motifs is 6. The standard InChI is InChI=1S/C65H49N/c1-64(2)59-30-15-12-26-54(59)57-28-18-29-58(63(57)64)56-27-14-17-32-62(56)66(50-41-42-55-53-25-13-16-31-60(53)65(3,61(55)43-50)48-21-8-5-9-22-48)49-39-37-45(38-40-49)44-33-35-47(36-34-44)52-24-11-10-23-51(52)46-19-6-4-7-20-46/h4-43H,1-3H3. The van der Waals surface area contributed by atoms with E-state index in [1.54, 1.807) is 0 Å². The summed E-state index contributed by atoms with van der Waals surface area (Å²) in [7, 11) is 0. The minimum Gasteiger partial charge on any atom is -0.310 e. The second-order valence-electron chi connectivity index (χ2n) is 18.6. The van der Waals surface area contributed by atoms with Crippen LogP contribution in [0.3, 0.4) is 0 Å². The predicted octanol–water partition coefficient (Wildman–Crippen LogP) is 17.5. The molecule has 1 unspecified atom stereocenters. The second kappa shape index (κ2) is 15.6. The van der Waals surface area contributed by atoms with Crippen LogP contribution in [-0.2, 0) is 10.8 Å². The van der Waals surface area contributed by atoms with Gasteiger partial charge >= 0.3 is 0 Å². The van der Waals surface area contributed by atoms with E-state index < -0.39 is 0 Å². The van der Waals surface area contributed by atoms with Gasteiger partial charge in [0.25, 0.3) is 0 Å². The van der Waals surface area contributed by atoms with Crippen molar-refractivity contribution in [1.82, 2.24) is 0 Å². The molecule has 0 spiro atoms. The predicted molar refractivity (Wildman–Crippen MR) is 278 cm³/mol. The molecule has 0 amide bonds. The van der Waals surface area contributed by atoms with Gasteiger partial charge in [0.1, 0.15) is 0 Å². The fourth-order valence-electron chi connectivity index (χ4n) is 11.3. The zero-order valence-corrected chi connectivity index (χ0v) is 37.5. The van der Waals surface area contributed by atoms with Gasteiger partial charge in [0, 0.05) is 27.8 Å². The molecule has 66 heavy (non-hydrogen) atoms. The Hall–Kier alpha value is -8.00. The van der Waals surface area contributed by atoms with E-state index >= 15 is 0 Å². The van der Waals surface area contributed by atoms with Crippen molar-refractivity contribution in [2.75, 3.05) is 4.90 Å². The molecule has 0 bridgehead atoms. The molecule has 0 saturated heterocycles. The Labute approximate surface area is 389 Å². The molecule has 1 atom stereocenters. The molecular weight excluding hydrogens is 795 g/mol. The lowest BCUT2D eigenvalue weighted by Crippen LogP contribution is -2.23. The van der Waals surface area contributed by atoms with Crippen LogP contribution in [0, 0.1) is 0 Å². The summed E-state index contributed by atoms with van der Waals surface area (Å²) in [5.74, 6) is 0. The van der Waals surface area contributed by atoms with Crippen molar-refractivity contribution in [3.05, 3.63) is 270 Å². The Morgan fingerprint density at radius 2 is 0.727 bits per heavy atom. The fraction of sp³-hybridized carbons (Fsp3) is 0.0769. The van der Waals surface area contributed by atoms with E-state index in [0.29, 0.717) is 0 Å². The SMILES string of the molecule is CC1(C)c2ccccc2-c2cccc(-c3ccccc3N(c3ccc(-c4ccc(-c5ccccc5-c5ccccc5)cc4)cc3)c3ccc4c(c3)C(C)(c3ccccc3)c3ccccc3-4)c21. The van der Waals surface area contributed by atoms with Crippen molar-refractivity contribution in [3.63, 3.8) is 0 Å². The van der Waals surface area contributed by atoms with Crippen LogP contribution in [0.5, 0.6) is 0 Å². The Balaban J connectivity index is 1.00. The van der Waals surface area contributed by atoms with E-state index in [0.717, 1.165) is 17.1 Å². The van der Waals surface area contributed by atoms with E-state index in [9.17, 15) is 0 Å². The minimum absolute atomic E-state index is 0.169. The van der Waals surface area contributed by atoms with E-state index in [-0.39, 0.29) is 10.8 Å². The molecule has 1 heteroatoms. The van der Waals surface area contributed by atoms with E-state index in [4.69, 9.17) is 0 Å². The molecule has 1 nitrogen and oxygen atoms in total. The highest BCUT2D eigenvalue weighted by atomic mass is 15.1. The highest BCUT2D eigenvalue weighted by molar-refractivity contribution is 5.96. The smallest absolute Gasteiger partial charge is 0.0540 e. The number of hydrogen-bond acceptors (Lipinski definition) is 1. The third-order valence-electron chi connectivity index (χ3n) is 14.6. The van der Waals surface area contributed by atoms with Gasteiger partial charge in [-0.2, -0.15) is 0 Å². The third-order valence-corrected chi connectivity index (χ3v) is 14.6. The van der Waals surface area contributed by atoms with Crippen LogP contribution in [0.1, 0.15) is 48.6 Å². The van der Waals surface area contributed by atoms with Gasteiger partial charge in [-0.05, 0) is 126 Å². The number of anilines is 3. The van der Waals surface area contributed by atoms with Gasteiger partial charge in [-0.3, -0.25) is 0 Å². The van der Waals surface area contributed by atoms with Crippen LogP contribution >= 0.6 is 0 Å². The lowest BCUT2D eigenvalue weighted by Gasteiger charge is -2.32. The summed E-state index contributed by atoms with van der Waals surface area (Å²) in [6, 6.07) is 89.6. The maximum absolute atomic E-state index is 2.49. The van der Waals surface area contributed by atoms with Crippen molar-refractivity contribution < 1.29 is 0 Å². The molecule has 0 aromatic heterocycles. The van der Waals surface area contributed by atoms with Gasteiger partial charge < -0.3 is 4.90 Å².